The number of fused-ring (bicyclic) bond motifs is 1. The first-order chi connectivity index (χ1) is 16.2. The van der Waals surface area contributed by atoms with Crippen molar-refractivity contribution in [3.05, 3.63) is 119 Å². The number of rotatable bonds is 5. The molecule has 1 amide bonds. The molecule has 7 heteroatoms. The number of benzene rings is 3. The van der Waals surface area contributed by atoms with Crippen molar-refractivity contribution in [1.82, 2.24) is 14.8 Å². The largest absolute Gasteiger partial charge is 0.324 e. The highest BCUT2D eigenvalue weighted by Gasteiger charge is 2.25. The van der Waals surface area contributed by atoms with Crippen molar-refractivity contribution in [2.24, 2.45) is 0 Å². The number of hydrogen-bond acceptors (Lipinski definition) is 4. The van der Waals surface area contributed by atoms with Crippen molar-refractivity contribution in [3.8, 4) is 0 Å². The highest BCUT2D eigenvalue weighted by Crippen LogP contribution is 2.33. The summed E-state index contributed by atoms with van der Waals surface area (Å²) in [4.78, 5) is 17.0. The van der Waals surface area contributed by atoms with Crippen LogP contribution >= 0.6 is 11.6 Å². The first-order valence-electron chi connectivity index (χ1n) is 10.5. The second kappa shape index (κ2) is 9.14. The number of nitrogens with zero attached hydrogens (tertiary/aromatic N) is 3. The van der Waals surface area contributed by atoms with Gasteiger partial charge in [0.15, 0.2) is 0 Å². The van der Waals surface area contributed by atoms with Crippen LogP contribution in [0.2, 0.25) is 5.02 Å². The topological polar surface area (TPSA) is 71.8 Å². The van der Waals surface area contributed by atoms with E-state index in [0.29, 0.717) is 11.0 Å². The molecule has 0 unspecified atom stereocenters. The van der Waals surface area contributed by atoms with Crippen molar-refractivity contribution in [2.45, 2.75) is 6.04 Å². The molecule has 1 aliphatic rings. The average molecular weight is 454 g/mol. The molecule has 0 spiro atoms. The summed E-state index contributed by atoms with van der Waals surface area (Å²) in [6.45, 7) is 0. The Kier molecular flexibility index (Phi) is 5.74. The van der Waals surface area contributed by atoms with Gasteiger partial charge >= 0.3 is 0 Å². The van der Waals surface area contributed by atoms with Crippen molar-refractivity contribution in [3.63, 3.8) is 0 Å². The van der Waals surface area contributed by atoms with Gasteiger partial charge in [0.2, 0.25) is 5.95 Å². The molecule has 0 saturated heterocycles. The van der Waals surface area contributed by atoms with E-state index in [0.717, 1.165) is 22.4 Å². The fraction of sp³-hybridized carbons (Fsp3) is 0.0385. The molecule has 5 rings (SSSR count). The summed E-state index contributed by atoms with van der Waals surface area (Å²) in [7, 11) is 0. The minimum atomic E-state index is -0.342. The highest BCUT2D eigenvalue weighted by molar-refractivity contribution is 6.32. The normalized spacial score (nSPS) is 14.9. The summed E-state index contributed by atoms with van der Waals surface area (Å²) < 4.78 is 1.77. The van der Waals surface area contributed by atoms with Gasteiger partial charge in [0.1, 0.15) is 6.04 Å². The van der Waals surface area contributed by atoms with Gasteiger partial charge in [0.05, 0.1) is 0 Å². The number of anilines is 2. The van der Waals surface area contributed by atoms with Crippen molar-refractivity contribution in [2.75, 3.05) is 10.6 Å². The van der Waals surface area contributed by atoms with Gasteiger partial charge in [-0.15, -0.1) is 5.10 Å². The van der Waals surface area contributed by atoms with E-state index in [-0.39, 0.29) is 17.9 Å². The molecule has 0 radical (unpaired) electrons. The summed E-state index contributed by atoms with van der Waals surface area (Å²) in [5, 5.41) is 11.2. The molecule has 4 aromatic rings. The molecular weight excluding hydrogens is 434 g/mol. The Balaban J connectivity index is 1.42. The quantitative estimate of drug-likeness (QED) is 0.383. The van der Waals surface area contributed by atoms with Crippen LogP contribution in [0.1, 0.15) is 22.7 Å². The van der Waals surface area contributed by atoms with E-state index in [1.165, 1.54) is 6.08 Å². The molecule has 0 saturated carbocycles. The molecule has 0 fully saturated rings. The maximum Gasteiger partial charge on any atom is 0.250 e. The van der Waals surface area contributed by atoms with E-state index in [2.05, 4.69) is 26.8 Å². The zero-order valence-corrected chi connectivity index (χ0v) is 18.3. The van der Waals surface area contributed by atoms with Crippen LogP contribution in [0.15, 0.2) is 97.1 Å². The van der Waals surface area contributed by atoms with Gasteiger partial charge in [-0.2, -0.15) is 4.98 Å². The fourth-order valence-electron chi connectivity index (χ4n) is 3.65. The van der Waals surface area contributed by atoms with Crippen LogP contribution in [0.25, 0.3) is 11.8 Å². The predicted octanol–water partition coefficient (Wildman–Crippen LogP) is 5.64. The SMILES string of the molecule is O=C(/C=C/c1ccccc1Cl)Nc1nc2n(n1)[C@H](c1ccccc1)C=C(c1ccccc1)N2. The Morgan fingerprint density at radius 3 is 2.42 bits per heavy atom. The van der Waals surface area contributed by atoms with Gasteiger partial charge < -0.3 is 5.32 Å². The lowest BCUT2D eigenvalue weighted by Crippen LogP contribution is -2.20. The molecule has 1 atom stereocenters. The summed E-state index contributed by atoms with van der Waals surface area (Å²) in [5.41, 5.74) is 3.80. The number of hydrogen-bond donors (Lipinski definition) is 2. The van der Waals surface area contributed by atoms with E-state index in [1.54, 1.807) is 16.8 Å². The van der Waals surface area contributed by atoms with Crippen molar-refractivity contribution >= 4 is 41.2 Å². The Labute approximate surface area is 196 Å². The summed E-state index contributed by atoms with van der Waals surface area (Å²) >= 11 is 6.15. The second-order valence-corrected chi connectivity index (χ2v) is 7.88. The standard InChI is InChI=1S/C26H20ClN5O/c27-21-14-8-7-9-18(21)15-16-24(33)29-25-30-26-28-22(19-10-3-1-4-11-19)17-23(32(26)31-25)20-12-5-2-6-13-20/h1-17,23H,(H2,28,29,30,31,33)/b16-15+/t23-/m0/s1. The van der Waals surface area contributed by atoms with E-state index in [4.69, 9.17) is 11.6 Å². The van der Waals surface area contributed by atoms with Crippen LogP contribution in [0.3, 0.4) is 0 Å². The Morgan fingerprint density at radius 1 is 0.970 bits per heavy atom. The minimum Gasteiger partial charge on any atom is -0.324 e. The van der Waals surface area contributed by atoms with Crippen LogP contribution in [0.4, 0.5) is 11.9 Å². The Hall–Kier alpha value is -4.16. The van der Waals surface area contributed by atoms with E-state index >= 15 is 0 Å². The summed E-state index contributed by atoms with van der Waals surface area (Å²) in [6, 6.07) is 27.2. The zero-order chi connectivity index (χ0) is 22.6. The van der Waals surface area contributed by atoms with Gasteiger partial charge in [0, 0.05) is 16.8 Å². The maximum absolute atomic E-state index is 12.5. The number of nitrogens with one attached hydrogen (secondary N) is 2. The molecule has 2 N–H and O–H groups in total. The van der Waals surface area contributed by atoms with E-state index < -0.39 is 0 Å². The van der Waals surface area contributed by atoms with Crippen molar-refractivity contribution < 1.29 is 4.79 Å². The molecular formula is C26H20ClN5O. The van der Waals surface area contributed by atoms with Crippen molar-refractivity contribution in [1.29, 1.82) is 0 Å². The van der Waals surface area contributed by atoms with Gasteiger partial charge in [-0.3, -0.25) is 10.1 Å². The lowest BCUT2D eigenvalue weighted by molar-refractivity contribution is -0.111. The van der Waals surface area contributed by atoms with Crippen LogP contribution in [-0.2, 0) is 4.79 Å². The lowest BCUT2D eigenvalue weighted by Gasteiger charge is -2.24. The Morgan fingerprint density at radius 2 is 1.67 bits per heavy atom. The summed E-state index contributed by atoms with van der Waals surface area (Å²) in [6.07, 6.45) is 5.18. The molecule has 33 heavy (non-hydrogen) atoms. The van der Waals surface area contributed by atoms with Gasteiger partial charge in [-0.05, 0) is 34.9 Å². The van der Waals surface area contributed by atoms with Gasteiger partial charge in [0.25, 0.3) is 11.9 Å². The number of allylic oxidation sites excluding steroid dienone is 1. The average Bonchev–Trinajstić information content (AvgIpc) is 3.26. The number of aromatic nitrogens is 3. The predicted molar refractivity (Wildman–Crippen MR) is 132 cm³/mol. The second-order valence-electron chi connectivity index (χ2n) is 7.47. The smallest absolute Gasteiger partial charge is 0.250 e. The number of carbonyl (C=O) groups excluding carboxylic acids is 1. The number of halogens is 1. The van der Waals surface area contributed by atoms with Crippen LogP contribution in [0, 0.1) is 0 Å². The maximum atomic E-state index is 12.5. The third kappa shape index (κ3) is 4.56. The zero-order valence-electron chi connectivity index (χ0n) is 17.5. The molecule has 3 aromatic carbocycles. The first-order valence-corrected chi connectivity index (χ1v) is 10.8. The molecule has 0 bridgehead atoms. The molecule has 0 aliphatic carbocycles. The lowest BCUT2D eigenvalue weighted by atomic mass is 10.0. The molecule has 1 aromatic heterocycles. The molecule has 1 aliphatic heterocycles. The van der Waals surface area contributed by atoms with Crippen LogP contribution in [0.5, 0.6) is 0 Å². The fourth-order valence-corrected chi connectivity index (χ4v) is 3.85. The monoisotopic (exact) mass is 453 g/mol. The van der Waals surface area contributed by atoms with E-state index in [9.17, 15) is 4.79 Å². The summed E-state index contributed by atoms with van der Waals surface area (Å²) in [5.74, 6) is 0.427. The highest BCUT2D eigenvalue weighted by atomic mass is 35.5. The van der Waals surface area contributed by atoms with Gasteiger partial charge in [-0.25, -0.2) is 4.68 Å². The van der Waals surface area contributed by atoms with Gasteiger partial charge in [-0.1, -0.05) is 90.5 Å². The molecule has 162 valence electrons. The number of carbonyl (C=O) groups is 1. The first kappa shape index (κ1) is 20.7. The minimum absolute atomic E-state index is 0.172. The Bertz CT molecular complexity index is 1350. The third-order valence-corrected chi connectivity index (χ3v) is 5.59. The molecule has 6 nitrogen and oxygen atoms in total. The van der Waals surface area contributed by atoms with Crippen LogP contribution < -0.4 is 10.6 Å². The molecule has 2 heterocycles. The van der Waals surface area contributed by atoms with E-state index in [1.807, 2.05) is 78.9 Å². The number of amides is 1. The van der Waals surface area contributed by atoms with Crippen LogP contribution in [-0.4, -0.2) is 20.7 Å². The third-order valence-electron chi connectivity index (χ3n) is 5.25.